The number of hydrogen-bond donors (Lipinski definition) is 2. The lowest BCUT2D eigenvalue weighted by Gasteiger charge is -2.10. The van der Waals surface area contributed by atoms with E-state index in [0.29, 0.717) is 5.56 Å². The van der Waals surface area contributed by atoms with Crippen LogP contribution >= 0.6 is 0 Å². The summed E-state index contributed by atoms with van der Waals surface area (Å²) in [5.74, 6) is -0.00259. The molecule has 0 saturated carbocycles. The lowest BCUT2D eigenvalue weighted by molar-refractivity contribution is 0.0956. The zero-order valence-corrected chi connectivity index (χ0v) is 13.2. The molecule has 1 aromatic heterocycles. The van der Waals surface area contributed by atoms with Crippen LogP contribution in [0.25, 0.3) is 10.9 Å². The molecule has 1 amide bonds. The number of aromatic nitrogens is 1. The molecule has 0 spiro atoms. The van der Waals surface area contributed by atoms with Crippen LogP contribution in [0.5, 0.6) is 0 Å². The molecule has 4 nitrogen and oxygen atoms in total. The Bertz CT molecular complexity index is 847. The molecule has 1 heterocycles. The van der Waals surface area contributed by atoms with Gasteiger partial charge in [0.05, 0.1) is 11.3 Å². The van der Waals surface area contributed by atoms with Crippen LogP contribution in [0.1, 0.15) is 29.8 Å². The van der Waals surface area contributed by atoms with Gasteiger partial charge in [0.25, 0.3) is 5.91 Å². The Labute approximate surface area is 135 Å². The standard InChI is InChI=1S/C19H19N3O/c1-13(2)18(14-8-4-3-5-9-14)21-22-19(23)16-12-20-17-11-7-6-10-15(16)17/h3-13,20H,1-2H3,(H,22,23). The number of amides is 1. The van der Waals surface area contributed by atoms with Crippen LogP contribution < -0.4 is 5.43 Å². The maximum Gasteiger partial charge on any atom is 0.273 e. The maximum absolute atomic E-state index is 12.4. The summed E-state index contributed by atoms with van der Waals surface area (Å²) in [7, 11) is 0. The molecule has 0 saturated heterocycles. The van der Waals surface area contributed by atoms with Crippen molar-refractivity contribution in [3.05, 3.63) is 71.9 Å². The van der Waals surface area contributed by atoms with Gasteiger partial charge in [-0.15, -0.1) is 0 Å². The fourth-order valence-corrected chi connectivity index (χ4v) is 2.57. The predicted molar refractivity (Wildman–Crippen MR) is 93.6 cm³/mol. The first-order chi connectivity index (χ1) is 11.2. The first-order valence-electron chi connectivity index (χ1n) is 7.66. The van der Waals surface area contributed by atoms with Gasteiger partial charge in [0.2, 0.25) is 0 Å². The quantitative estimate of drug-likeness (QED) is 0.556. The molecule has 0 atom stereocenters. The number of nitrogens with zero attached hydrogens (tertiary/aromatic N) is 1. The summed E-state index contributed by atoms with van der Waals surface area (Å²) in [6, 6.07) is 17.6. The molecule has 0 radical (unpaired) electrons. The number of aromatic amines is 1. The number of carbonyl (C=O) groups is 1. The second-order valence-electron chi connectivity index (χ2n) is 5.71. The molecule has 0 unspecified atom stereocenters. The number of fused-ring (bicyclic) bond motifs is 1. The molecule has 2 aromatic carbocycles. The molecule has 0 aliphatic rings. The van der Waals surface area contributed by atoms with Gasteiger partial charge in [-0.1, -0.05) is 62.4 Å². The van der Waals surface area contributed by atoms with E-state index >= 15 is 0 Å². The van der Waals surface area contributed by atoms with Gasteiger partial charge in [0, 0.05) is 17.1 Å². The van der Waals surface area contributed by atoms with Crippen LogP contribution in [-0.2, 0) is 0 Å². The van der Waals surface area contributed by atoms with E-state index in [4.69, 9.17) is 0 Å². The van der Waals surface area contributed by atoms with Crippen LogP contribution in [0.15, 0.2) is 65.9 Å². The molecule has 116 valence electrons. The average molecular weight is 305 g/mol. The molecule has 3 rings (SSSR count). The highest BCUT2D eigenvalue weighted by Gasteiger charge is 2.13. The lowest BCUT2D eigenvalue weighted by atomic mass is 10.0. The van der Waals surface area contributed by atoms with E-state index in [1.807, 2.05) is 54.6 Å². The van der Waals surface area contributed by atoms with E-state index in [1.54, 1.807) is 6.20 Å². The summed E-state index contributed by atoms with van der Waals surface area (Å²) in [6.07, 6.45) is 1.72. The third-order valence-corrected chi connectivity index (χ3v) is 3.73. The monoisotopic (exact) mass is 305 g/mol. The first kappa shape index (κ1) is 15.0. The molecule has 0 fully saturated rings. The first-order valence-corrected chi connectivity index (χ1v) is 7.66. The minimum atomic E-state index is -0.212. The Morgan fingerprint density at radius 3 is 2.48 bits per heavy atom. The van der Waals surface area contributed by atoms with Gasteiger partial charge in [-0.2, -0.15) is 5.10 Å². The highest BCUT2D eigenvalue weighted by atomic mass is 16.2. The smallest absolute Gasteiger partial charge is 0.273 e. The Balaban J connectivity index is 1.87. The minimum Gasteiger partial charge on any atom is -0.360 e. The number of nitrogens with one attached hydrogen (secondary N) is 2. The third kappa shape index (κ3) is 3.16. The van der Waals surface area contributed by atoms with Crippen molar-refractivity contribution in [2.45, 2.75) is 13.8 Å². The second kappa shape index (κ2) is 6.48. The zero-order chi connectivity index (χ0) is 16.2. The number of hydrogen-bond acceptors (Lipinski definition) is 2. The Morgan fingerprint density at radius 2 is 1.74 bits per heavy atom. The van der Waals surface area contributed by atoms with E-state index in [2.05, 4.69) is 29.4 Å². The number of carbonyl (C=O) groups excluding carboxylic acids is 1. The Hall–Kier alpha value is -2.88. The van der Waals surface area contributed by atoms with Crippen LogP contribution in [-0.4, -0.2) is 16.6 Å². The molecule has 0 aliphatic heterocycles. The normalized spacial score (nSPS) is 11.9. The van der Waals surface area contributed by atoms with E-state index in [1.165, 1.54) is 0 Å². The summed E-state index contributed by atoms with van der Waals surface area (Å²) >= 11 is 0. The summed E-state index contributed by atoms with van der Waals surface area (Å²) in [5.41, 5.74) is 6.10. The second-order valence-corrected chi connectivity index (χ2v) is 5.71. The van der Waals surface area contributed by atoms with Gasteiger partial charge in [0.15, 0.2) is 0 Å². The number of para-hydroxylation sites is 1. The molecule has 3 aromatic rings. The molecule has 0 bridgehead atoms. The number of rotatable bonds is 4. The van der Waals surface area contributed by atoms with Crippen molar-refractivity contribution in [1.82, 2.24) is 10.4 Å². The Kier molecular flexibility index (Phi) is 4.24. The number of H-pyrrole nitrogens is 1. The predicted octanol–water partition coefficient (Wildman–Crippen LogP) is 3.96. The fourth-order valence-electron chi connectivity index (χ4n) is 2.57. The van der Waals surface area contributed by atoms with E-state index in [0.717, 1.165) is 22.2 Å². The Morgan fingerprint density at radius 1 is 1.04 bits per heavy atom. The summed E-state index contributed by atoms with van der Waals surface area (Å²) in [6.45, 7) is 4.12. The van der Waals surface area contributed by atoms with Crippen molar-refractivity contribution in [3.8, 4) is 0 Å². The highest BCUT2D eigenvalue weighted by Crippen LogP contribution is 2.17. The van der Waals surface area contributed by atoms with E-state index in [9.17, 15) is 4.79 Å². The minimum absolute atomic E-state index is 0.209. The summed E-state index contributed by atoms with van der Waals surface area (Å²) in [5, 5.41) is 5.25. The average Bonchev–Trinajstić information content (AvgIpc) is 2.99. The topological polar surface area (TPSA) is 57.2 Å². The third-order valence-electron chi connectivity index (χ3n) is 3.73. The zero-order valence-electron chi connectivity index (χ0n) is 13.2. The molecule has 4 heteroatoms. The van der Waals surface area contributed by atoms with Crippen LogP contribution in [0.4, 0.5) is 0 Å². The SMILES string of the molecule is CC(C)C(=NNC(=O)c1c[nH]c2ccccc12)c1ccccc1. The van der Waals surface area contributed by atoms with Crippen LogP contribution in [0, 0.1) is 5.92 Å². The van der Waals surface area contributed by atoms with Crippen LogP contribution in [0.3, 0.4) is 0 Å². The lowest BCUT2D eigenvalue weighted by Crippen LogP contribution is -2.22. The highest BCUT2D eigenvalue weighted by molar-refractivity contribution is 6.08. The van der Waals surface area contributed by atoms with Crippen molar-refractivity contribution in [2.75, 3.05) is 0 Å². The van der Waals surface area contributed by atoms with Crippen molar-refractivity contribution in [2.24, 2.45) is 11.0 Å². The fraction of sp³-hybridized carbons (Fsp3) is 0.158. The molecule has 0 aliphatic carbocycles. The van der Waals surface area contributed by atoms with Gasteiger partial charge in [0.1, 0.15) is 0 Å². The van der Waals surface area contributed by atoms with Gasteiger partial charge in [-0.05, 0) is 17.5 Å². The van der Waals surface area contributed by atoms with Crippen molar-refractivity contribution in [3.63, 3.8) is 0 Å². The molecule has 23 heavy (non-hydrogen) atoms. The molecular weight excluding hydrogens is 286 g/mol. The van der Waals surface area contributed by atoms with E-state index in [-0.39, 0.29) is 11.8 Å². The van der Waals surface area contributed by atoms with Crippen molar-refractivity contribution >= 4 is 22.5 Å². The van der Waals surface area contributed by atoms with Gasteiger partial charge < -0.3 is 4.98 Å². The van der Waals surface area contributed by atoms with Gasteiger partial charge in [-0.25, -0.2) is 5.43 Å². The maximum atomic E-state index is 12.4. The largest absolute Gasteiger partial charge is 0.360 e. The summed E-state index contributed by atoms with van der Waals surface area (Å²) < 4.78 is 0. The molecular formula is C19H19N3O. The van der Waals surface area contributed by atoms with Crippen molar-refractivity contribution in [1.29, 1.82) is 0 Å². The summed E-state index contributed by atoms with van der Waals surface area (Å²) in [4.78, 5) is 15.5. The molecule has 2 N–H and O–H groups in total. The van der Waals surface area contributed by atoms with Crippen molar-refractivity contribution < 1.29 is 4.79 Å². The van der Waals surface area contributed by atoms with Gasteiger partial charge in [-0.3, -0.25) is 4.79 Å². The van der Waals surface area contributed by atoms with E-state index < -0.39 is 0 Å². The number of benzene rings is 2. The van der Waals surface area contributed by atoms with Crippen LogP contribution in [0.2, 0.25) is 0 Å². The number of hydrazone groups is 1. The van der Waals surface area contributed by atoms with Gasteiger partial charge >= 0.3 is 0 Å².